The van der Waals surface area contributed by atoms with Crippen molar-refractivity contribution in [3.63, 3.8) is 0 Å². The molecule has 0 fully saturated rings. The Morgan fingerprint density at radius 2 is 1.87 bits per heavy atom. The Morgan fingerprint density at radius 3 is 2.54 bits per heavy atom. The van der Waals surface area contributed by atoms with Crippen molar-refractivity contribution >= 4 is 5.97 Å². The smallest absolute Gasteiger partial charge is 0.352 e. The van der Waals surface area contributed by atoms with Crippen LogP contribution in [0.25, 0.3) is 0 Å². The second-order valence-corrected chi connectivity index (χ2v) is 8.81. The van der Waals surface area contributed by atoms with Crippen LogP contribution in [0.1, 0.15) is 36.5 Å². The number of allylic oxidation sites excluding steroid dienone is 1. The van der Waals surface area contributed by atoms with Gasteiger partial charge in [0.15, 0.2) is 17.6 Å². The Morgan fingerprint density at radius 1 is 1.13 bits per heavy atom. The highest BCUT2D eigenvalue weighted by molar-refractivity contribution is 5.77. The van der Waals surface area contributed by atoms with Crippen molar-refractivity contribution in [3.05, 3.63) is 101 Å². The minimum Gasteiger partial charge on any atom is -0.493 e. The maximum absolute atomic E-state index is 12.7. The van der Waals surface area contributed by atoms with Gasteiger partial charge in [-0.25, -0.2) is 4.79 Å². The molecule has 0 spiro atoms. The van der Waals surface area contributed by atoms with Crippen LogP contribution >= 0.6 is 0 Å². The third-order valence-corrected chi connectivity index (χ3v) is 6.26. The molecule has 0 bridgehead atoms. The summed E-state index contributed by atoms with van der Waals surface area (Å²) in [6.07, 6.45) is 1.71. The second kappa shape index (κ2) is 12.1. The number of nitrogens with zero attached hydrogens (tertiary/aromatic N) is 1. The van der Waals surface area contributed by atoms with Crippen molar-refractivity contribution in [1.29, 1.82) is 5.26 Å². The Hall–Kier alpha value is -4.90. The molecule has 2 unspecified atom stereocenters. The van der Waals surface area contributed by atoms with Crippen molar-refractivity contribution < 1.29 is 28.5 Å². The van der Waals surface area contributed by atoms with E-state index in [1.54, 1.807) is 50.4 Å². The molecule has 3 aromatic rings. The topological polar surface area (TPSA) is 113 Å². The number of hydrogen-bond acceptors (Lipinski definition) is 8. The molecule has 0 radical (unpaired) electrons. The molecule has 0 amide bonds. The van der Waals surface area contributed by atoms with E-state index in [2.05, 4.69) is 19.6 Å². The lowest BCUT2D eigenvalue weighted by Crippen LogP contribution is -2.28. The first-order valence-electron chi connectivity index (χ1n) is 12.5. The van der Waals surface area contributed by atoms with Gasteiger partial charge in [0.25, 0.3) is 0 Å². The van der Waals surface area contributed by atoms with Crippen molar-refractivity contribution in [2.24, 2.45) is 5.73 Å². The molecular weight excluding hydrogens is 496 g/mol. The summed E-state index contributed by atoms with van der Waals surface area (Å²) < 4.78 is 28.2. The molecule has 8 heteroatoms. The van der Waals surface area contributed by atoms with Crippen LogP contribution < -0.4 is 29.4 Å². The second-order valence-electron chi connectivity index (χ2n) is 8.81. The fraction of sp³-hybridized carbons (Fsp3) is 0.226. The zero-order chi connectivity index (χ0) is 27.9. The predicted molar refractivity (Wildman–Crippen MR) is 146 cm³/mol. The standard InChI is InChI=1S/C31H30N2O6/c1-5-15-36-26-14-9-21(16-28(26)35-4)29-24-13-12-23(17-27(24)39-30(33)25(29)18-32)38-31(34)19(3)37-22-10-7-20(6-2)8-11-22/h5,7-14,16-17,19,29H,1,6,15,33H2,2-4H3. The van der Waals surface area contributed by atoms with Gasteiger partial charge in [0.1, 0.15) is 35.5 Å². The van der Waals surface area contributed by atoms with Crippen LogP contribution in [0.2, 0.25) is 0 Å². The first-order chi connectivity index (χ1) is 18.9. The van der Waals surface area contributed by atoms with Gasteiger partial charge in [-0.1, -0.05) is 43.8 Å². The predicted octanol–water partition coefficient (Wildman–Crippen LogP) is 5.41. The van der Waals surface area contributed by atoms with E-state index in [9.17, 15) is 10.1 Å². The normalized spacial score (nSPS) is 14.8. The van der Waals surface area contributed by atoms with Crippen LogP contribution in [0.15, 0.2) is 84.8 Å². The molecule has 200 valence electrons. The molecule has 0 saturated carbocycles. The summed E-state index contributed by atoms with van der Waals surface area (Å²) >= 11 is 0. The van der Waals surface area contributed by atoms with E-state index in [0.29, 0.717) is 35.2 Å². The highest BCUT2D eigenvalue weighted by Crippen LogP contribution is 2.45. The number of ether oxygens (including phenoxy) is 5. The Kier molecular flexibility index (Phi) is 8.42. The lowest BCUT2D eigenvalue weighted by molar-refractivity contribution is -0.141. The summed E-state index contributed by atoms with van der Waals surface area (Å²) in [7, 11) is 1.54. The van der Waals surface area contributed by atoms with Crippen LogP contribution in [0.4, 0.5) is 0 Å². The molecule has 3 aromatic carbocycles. The van der Waals surface area contributed by atoms with E-state index in [0.717, 1.165) is 12.0 Å². The van der Waals surface area contributed by atoms with Crippen LogP contribution in [0.3, 0.4) is 0 Å². The number of nitrogens with two attached hydrogens (primary N) is 1. The van der Waals surface area contributed by atoms with Crippen molar-refractivity contribution in [2.45, 2.75) is 32.3 Å². The number of aryl methyl sites for hydroxylation is 1. The number of benzene rings is 3. The fourth-order valence-corrected chi connectivity index (χ4v) is 4.23. The molecule has 2 N–H and O–H groups in total. The summed E-state index contributed by atoms with van der Waals surface area (Å²) in [6.45, 7) is 7.67. The summed E-state index contributed by atoms with van der Waals surface area (Å²) in [5.74, 6) is 1.13. The number of nitriles is 1. The Bertz CT molecular complexity index is 1440. The Labute approximate surface area is 227 Å². The molecule has 0 saturated heterocycles. The van der Waals surface area contributed by atoms with Gasteiger partial charge in [0.05, 0.1) is 13.0 Å². The number of carbonyl (C=O) groups excluding carboxylic acids is 1. The third kappa shape index (κ3) is 5.99. The van der Waals surface area contributed by atoms with Crippen LogP contribution in [-0.2, 0) is 11.2 Å². The average Bonchev–Trinajstić information content (AvgIpc) is 2.95. The van der Waals surface area contributed by atoms with Gasteiger partial charge in [-0.3, -0.25) is 0 Å². The largest absolute Gasteiger partial charge is 0.493 e. The highest BCUT2D eigenvalue weighted by atomic mass is 16.6. The highest BCUT2D eigenvalue weighted by Gasteiger charge is 2.32. The maximum Gasteiger partial charge on any atom is 0.352 e. The van der Waals surface area contributed by atoms with Gasteiger partial charge in [-0.2, -0.15) is 5.26 Å². The molecule has 1 aliphatic rings. The Balaban J connectivity index is 1.57. The van der Waals surface area contributed by atoms with Gasteiger partial charge in [-0.15, -0.1) is 0 Å². The van der Waals surface area contributed by atoms with Gasteiger partial charge >= 0.3 is 5.97 Å². The van der Waals surface area contributed by atoms with Crippen LogP contribution in [0, 0.1) is 11.3 Å². The SMILES string of the molecule is C=CCOc1ccc(C2C(C#N)=C(N)Oc3cc(OC(=O)C(C)Oc4ccc(CC)cc4)ccc32)cc1OC. The minimum absolute atomic E-state index is 0.0309. The molecule has 39 heavy (non-hydrogen) atoms. The molecule has 0 aliphatic carbocycles. The monoisotopic (exact) mass is 526 g/mol. The van der Waals surface area contributed by atoms with E-state index >= 15 is 0 Å². The molecule has 8 nitrogen and oxygen atoms in total. The number of esters is 1. The van der Waals surface area contributed by atoms with E-state index in [-0.39, 0.29) is 17.2 Å². The van der Waals surface area contributed by atoms with Gasteiger partial charge < -0.3 is 29.4 Å². The number of rotatable bonds is 10. The van der Waals surface area contributed by atoms with Crippen LogP contribution in [0.5, 0.6) is 28.7 Å². The molecule has 2 atom stereocenters. The summed E-state index contributed by atoms with van der Waals surface area (Å²) in [6, 6.07) is 20.1. The van der Waals surface area contributed by atoms with E-state index < -0.39 is 18.0 Å². The zero-order valence-electron chi connectivity index (χ0n) is 22.1. The van der Waals surface area contributed by atoms with Crippen molar-refractivity contribution in [3.8, 4) is 34.8 Å². The average molecular weight is 527 g/mol. The molecule has 0 aromatic heterocycles. The number of methoxy groups -OCH3 is 1. The quantitative estimate of drug-likeness (QED) is 0.212. The number of carbonyl (C=O) groups is 1. The zero-order valence-corrected chi connectivity index (χ0v) is 22.1. The van der Waals surface area contributed by atoms with E-state index in [1.165, 1.54) is 5.56 Å². The first-order valence-corrected chi connectivity index (χ1v) is 12.5. The van der Waals surface area contributed by atoms with Gasteiger partial charge in [0, 0.05) is 11.6 Å². The summed E-state index contributed by atoms with van der Waals surface area (Å²) in [4.78, 5) is 12.7. The molecule has 1 aliphatic heterocycles. The fourth-order valence-electron chi connectivity index (χ4n) is 4.23. The lowest BCUT2D eigenvalue weighted by Gasteiger charge is -2.27. The van der Waals surface area contributed by atoms with Crippen molar-refractivity contribution in [2.75, 3.05) is 13.7 Å². The van der Waals surface area contributed by atoms with Gasteiger partial charge in [-0.05, 0) is 54.8 Å². The number of fused-ring (bicyclic) bond motifs is 1. The molecular formula is C31H30N2O6. The van der Waals surface area contributed by atoms with E-state index in [4.69, 9.17) is 29.4 Å². The molecule has 4 rings (SSSR count). The van der Waals surface area contributed by atoms with Crippen molar-refractivity contribution in [1.82, 2.24) is 0 Å². The van der Waals surface area contributed by atoms with E-state index in [1.807, 2.05) is 30.3 Å². The molecule has 1 heterocycles. The third-order valence-electron chi connectivity index (χ3n) is 6.26. The summed E-state index contributed by atoms with van der Waals surface area (Å²) in [5.41, 5.74) is 9.01. The summed E-state index contributed by atoms with van der Waals surface area (Å²) in [5, 5.41) is 9.88. The maximum atomic E-state index is 12.7. The van der Waals surface area contributed by atoms with Gasteiger partial charge in [0.2, 0.25) is 5.88 Å². The lowest BCUT2D eigenvalue weighted by atomic mass is 9.83. The minimum atomic E-state index is -0.841. The first kappa shape index (κ1) is 27.1. The van der Waals surface area contributed by atoms with Crippen LogP contribution in [-0.4, -0.2) is 25.8 Å². The number of hydrogen-bond donors (Lipinski definition) is 1.